The van der Waals surface area contributed by atoms with Gasteiger partial charge in [0.2, 0.25) is 0 Å². The molecule has 1 aliphatic heterocycles. The second kappa shape index (κ2) is 7.91. The van der Waals surface area contributed by atoms with Gasteiger partial charge < -0.3 is 9.84 Å². The predicted octanol–water partition coefficient (Wildman–Crippen LogP) is 4.42. The highest BCUT2D eigenvalue weighted by Gasteiger charge is 2.45. The Morgan fingerprint density at radius 1 is 1.20 bits per heavy atom. The van der Waals surface area contributed by atoms with Gasteiger partial charge in [0.15, 0.2) is 6.04 Å². The molecule has 0 saturated carbocycles. The number of esters is 1. The Balaban J connectivity index is 1.97. The smallest absolute Gasteiger partial charge is 0.345 e. The molecule has 0 fully saturated rings. The van der Waals surface area contributed by atoms with Crippen molar-refractivity contribution >= 4 is 22.4 Å². The lowest BCUT2D eigenvalue weighted by Gasteiger charge is -2.27. The zero-order chi connectivity index (χ0) is 21.4. The lowest BCUT2D eigenvalue weighted by atomic mass is 9.95. The summed E-state index contributed by atoms with van der Waals surface area (Å²) in [6.45, 7) is 3.84. The van der Waals surface area contributed by atoms with E-state index in [9.17, 15) is 14.3 Å². The quantitative estimate of drug-likeness (QED) is 0.497. The molecule has 0 radical (unpaired) electrons. The van der Waals surface area contributed by atoms with Gasteiger partial charge in [0.25, 0.3) is 0 Å². The van der Waals surface area contributed by atoms with Crippen molar-refractivity contribution in [3.05, 3.63) is 77.2 Å². The van der Waals surface area contributed by atoms with E-state index in [4.69, 9.17) is 4.74 Å². The SMILES string of the molecule is CCOC(=O)C1=C(C)N(C)c2sc(-c3ccccc3)c(O)[n+]2C1c1ccc(F)cc1. The number of rotatable bonds is 4. The van der Waals surface area contributed by atoms with Crippen molar-refractivity contribution in [2.45, 2.75) is 19.9 Å². The molecule has 0 amide bonds. The van der Waals surface area contributed by atoms with Crippen LogP contribution in [0.5, 0.6) is 5.88 Å². The fraction of sp³-hybridized carbons (Fsp3) is 0.217. The molecule has 1 unspecified atom stereocenters. The first-order valence-corrected chi connectivity index (χ1v) is 10.5. The summed E-state index contributed by atoms with van der Waals surface area (Å²) >= 11 is 1.43. The summed E-state index contributed by atoms with van der Waals surface area (Å²) < 4.78 is 20.7. The van der Waals surface area contributed by atoms with E-state index < -0.39 is 12.0 Å². The van der Waals surface area contributed by atoms with Crippen LogP contribution < -0.4 is 9.47 Å². The number of aromatic hydroxyl groups is 1. The number of anilines is 1. The van der Waals surface area contributed by atoms with Gasteiger partial charge in [-0.1, -0.05) is 42.5 Å². The molecule has 154 valence electrons. The Kier molecular flexibility index (Phi) is 5.30. The molecule has 2 heterocycles. The number of halogens is 1. The molecule has 0 spiro atoms. The van der Waals surface area contributed by atoms with Crippen LogP contribution in [-0.2, 0) is 9.53 Å². The first kappa shape index (κ1) is 20.1. The number of carbonyl (C=O) groups is 1. The minimum Gasteiger partial charge on any atom is -0.477 e. The van der Waals surface area contributed by atoms with Gasteiger partial charge in [-0.2, -0.15) is 4.57 Å². The molecule has 0 bridgehead atoms. The Labute approximate surface area is 178 Å². The fourth-order valence-electron chi connectivity index (χ4n) is 3.71. The van der Waals surface area contributed by atoms with Crippen molar-refractivity contribution in [1.82, 2.24) is 0 Å². The molecule has 0 aliphatic carbocycles. The first-order valence-electron chi connectivity index (χ1n) is 9.63. The summed E-state index contributed by atoms with van der Waals surface area (Å²) in [5.74, 6) is -0.771. The highest BCUT2D eigenvalue weighted by atomic mass is 32.1. The number of carbonyl (C=O) groups excluding carboxylic acids is 1. The van der Waals surface area contributed by atoms with Crippen LogP contribution in [0, 0.1) is 5.82 Å². The topological polar surface area (TPSA) is 53.6 Å². The molecular formula is C23H22FN2O3S+. The molecule has 30 heavy (non-hydrogen) atoms. The summed E-state index contributed by atoms with van der Waals surface area (Å²) in [5.41, 5.74) is 2.70. The normalized spacial score (nSPS) is 15.9. The highest BCUT2D eigenvalue weighted by molar-refractivity contribution is 7.18. The van der Waals surface area contributed by atoms with Crippen molar-refractivity contribution in [3.8, 4) is 16.3 Å². The zero-order valence-corrected chi connectivity index (χ0v) is 17.7. The summed E-state index contributed by atoms with van der Waals surface area (Å²) in [6, 6.07) is 14.9. The maximum atomic E-state index is 13.6. The van der Waals surface area contributed by atoms with Crippen LogP contribution in [0.4, 0.5) is 9.52 Å². The number of benzene rings is 2. The van der Waals surface area contributed by atoms with Gasteiger partial charge in [-0.05, 0) is 42.9 Å². The van der Waals surface area contributed by atoms with Crippen molar-refractivity contribution in [2.75, 3.05) is 18.6 Å². The van der Waals surface area contributed by atoms with Gasteiger partial charge in [-0.25, -0.2) is 14.1 Å². The average Bonchev–Trinajstić information content (AvgIpc) is 3.09. The van der Waals surface area contributed by atoms with E-state index in [2.05, 4.69) is 0 Å². The lowest BCUT2D eigenvalue weighted by molar-refractivity contribution is -0.695. The van der Waals surface area contributed by atoms with Crippen molar-refractivity contribution in [1.29, 1.82) is 0 Å². The Bertz CT molecular complexity index is 1120. The third kappa shape index (κ3) is 3.25. The molecule has 7 heteroatoms. The molecule has 1 N–H and O–H groups in total. The van der Waals surface area contributed by atoms with Crippen LogP contribution in [0.2, 0.25) is 0 Å². The molecule has 1 aromatic heterocycles. The van der Waals surface area contributed by atoms with Gasteiger partial charge >= 0.3 is 17.0 Å². The zero-order valence-electron chi connectivity index (χ0n) is 16.9. The number of fused-ring (bicyclic) bond motifs is 1. The maximum Gasteiger partial charge on any atom is 0.345 e. The van der Waals surface area contributed by atoms with Crippen molar-refractivity contribution in [2.24, 2.45) is 0 Å². The fourth-order valence-corrected chi connectivity index (χ4v) is 4.90. The molecule has 1 aliphatic rings. The number of allylic oxidation sites excluding steroid dienone is 1. The number of ether oxygens (including phenoxy) is 1. The molecular weight excluding hydrogens is 403 g/mol. The minimum absolute atomic E-state index is 0.0525. The van der Waals surface area contributed by atoms with E-state index in [1.165, 1.54) is 23.5 Å². The average molecular weight is 426 g/mol. The number of thiazole rings is 1. The molecule has 2 aromatic carbocycles. The standard InChI is InChI=1S/C23H21FN2O3S/c1-4-29-22(28)18-14(2)25(3)23-26(19(18)15-10-12-17(24)13-11-15)21(27)20(30-23)16-8-6-5-7-9-16/h5-13,19H,4H2,1-3H3/p+1. The highest BCUT2D eigenvalue weighted by Crippen LogP contribution is 2.44. The second-order valence-corrected chi connectivity index (χ2v) is 7.98. The largest absolute Gasteiger partial charge is 0.477 e. The van der Waals surface area contributed by atoms with Crippen LogP contribution in [-0.4, -0.2) is 24.7 Å². The first-order chi connectivity index (χ1) is 14.4. The maximum absolute atomic E-state index is 13.6. The molecule has 5 nitrogen and oxygen atoms in total. The van der Waals surface area contributed by atoms with Crippen LogP contribution in [0.15, 0.2) is 65.9 Å². The number of hydrogen-bond donors (Lipinski definition) is 1. The van der Waals surface area contributed by atoms with E-state index in [0.717, 1.165) is 16.4 Å². The Morgan fingerprint density at radius 2 is 1.87 bits per heavy atom. The van der Waals surface area contributed by atoms with Crippen LogP contribution >= 0.6 is 11.3 Å². The summed E-state index contributed by atoms with van der Waals surface area (Å²) in [4.78, 5) is 15.5. The summed E-state index contributed by atoms with van der Waals surface area (Å²) in [6.07, 6.45) is 0. The van der Waals surface area contributed by atoms with E-state index in [1.807, 2.05) is 49.2 Å². The van der Waals surface area contributed by atoms with Crippen molar-refractivity contribution < 1.29 is 23.6 Å². The lowest BCUT2D eigenvalue weighted by Crippen LogP contribution is -2.50. The van der Waals surface area contributed by atoms with E-state index in [-0.39, 0.29) is 18.3 Å². The van der Waals surface area contributed by atoms with Gasteiger partial charge in [-0.3, -0.25) is 0 Å². The molecule has 4 rings (SSSR count). The van der Waals surface area contributed by atoms with Crippen LogP contribution in [0.1, 0.15) is 25.5 Å². The number of aromatic nitrogens is 1. The minimum atomic E-state index is -0.635. The third-order valence-electron chi connectivity index (χ3n) is 5.26. The molecule has 0 saturated heterocycles. The van der Waals surface area contributed by atoms with Gasteiger partial charge in [0.1, 0.15) is 22.0 Å². The van der Waals surface area contributed by atoms with Crippen LogP contribution in [0.3, 0.4) is 0 Å². The second-order valence-electron chi connectivity index (χ2n) is 7.01. The Hall–Kier alpha value is -3.19. The van der Waals surface area contributed by atoms with E-state index in [1.54, 1.807) is 23.6 Å². The number of hydrogen-bond acceptors (Lipinski definition) is 5. The van der Waals surface area contributed by atoms with E-state index >= 15 is 0 Å². The molecule has 1 atom stereocenters. The van der Waals surface area contributed by atoms with Gasteiger partial charge in [0.05, 0.1) is 13.7 Å². The van der Waals surface area contributed by atoms with E-state index in [0.29, 0.717) is 16.0 Å². The summed E-state index contributed by atoms with van der Waals surface area (Å²) in [7, 11) is 1.85. The third-order valence-corrected chi connectivity index (χ3v) is 6.53. The van der Waals surface area contributed by atoms with Gasteiger partial charge in [0, 0.05) is 5.56 Å². The predicted molar refractivity (Wildman–Crippen MR) is 114 cm³/mol. The molecule has 3 aromatic rings. The number of nitrogens with zero attached hydrogens (tertiary/aromatic N) is 2. The van der Waals surface area contributed by atoms with Crippen LogP contribution in [0.25, 0.3) is 10.4 Å². The summed E-state index contributed by atoms with van der Waals surface area (Å²) in [5, 5.41) is 12.0. The van der Waals surface area contributed by atoms with Crippen molar-refractivity contribution in [3.63, 3.8) is 0 Å². The monoisotopic (exact) mass is 425 g/mol. The van der Waals surface area contributed by atoms with Gasteiger partial charge in [-0.15, -0.1) is 0 Å². The Morgan fingerprint density at radius 3 is 2.50 bits per heavy atom.